The van der Waals surface area contributed by atoms with E-state index in [-0.39, 0.29) is 13.2 Å². The van der Waals surface area contributed by atoms with Crippen LogP contribution < -0.4 is 11.1 Å². The van der Waals surface area contributed by atoms with Crippen LogP contribution in [0.25, 0.3) is 0 Å². The third-order valence-electron chi connectivity index (χ3n) is 5.04. The lowest BCUT2D eigenvalue weighted by Gasteiger charge is -2.47. The van der Waals surface area contributed by atoms with E-state index in [1.54, 1.807) is 45.0 Å². The Balaban J connectivity index is 2.35. The number of aliphatic hydroxyl groups is 3. The molecule has 0 radical (unpaired) electrons. The number of carbonyl (C=O) groups is 2. The summed E-state index contributed by atoms with van der Waals surface area (Å²) in [4.78, 5) is 25.1. The minimum Gasteiger partial charge on any atom is -0.465 e. The molecular weight excluding hydrogens is 436 g/mol. The van der Waals surface area contributed by atoms with Gasteiger partial charge in [-0.3, -0.25) is 0 Å². The first kappa shape index (κ1) is 27.0. The van der Waals surface area contributed by atoms with Gasteiger partial charge in [-0.25, -0.2) is 9.59 Å². The number of nitrogens with two attached hydrogens (primary N) is 1. The van der Waals surface area contributed by atoms with Gasteiger partial charge in [-0.05, 0) is 26.3 Å². The smallest absolute Gasteiger partial charge is 0.408 e. The van der Waals surface area contributed by atoms with Crippen LogP contribution in [0.4, 0.5) is 4.79 Å². The summed E-state index contributed by atoms with van der Waals surface area (Å²) < 4.78 is 21.7. The number of rotatable bonds is 8. The van der Waals surface area contributed by atoms with E-state index < -0.39 is 60.3 Å². The standard InChI is InChI=1S/C22H34N2O9/c1-21(2,3)33-20(29)24-16-14(25)10-22(19(28)30-4,31-12-13-8-6-5-7-9-13)32-18(16)17(27)15(26)11-23/h5-9,14-18,25-27H,10-12,23H2,1-4H3,(H,24,29)/t14-,15+,16+,17+,18+,22+/m0/s1. The summed E-state index contributed by atoms with van der Waals surface area (Å²) in [6.45, 7) is 4.56. The summed E-state index contributed by atoms with van der Waals surface area (Å²) in [7, 11) is 1.12. The van der Waals surface area contributed by atoms with Gasteiger partial charge in [0.1, 0.15) is 17.8 Å². The molecule has 1 aliphatic heterocycles. The predicted octanol–water partition coefficient (Wildman–Crippen LogP) is -0.204. The zero-order valence-corrected chi connectivity index (χ0v) is 19.3. The SMILES string of the molecule is COC(=O)[C@@]1(OCc2ccccc2)C[C@H](O)[C@@H](NC(=O)OC(C)(C)C)[C@H]([C@H](O)[C@H](O)CN)O1. The highest BCUT2D eigenvalue weighted by Gasteiger charge is 2.56. The lowest BCUT2D eigenvalue weighted by molar-refractivity contribution is -0.315. The molecule has 0 bridgehead atoms. The molecule has 1 amide bonds. The molecule has 1 aliphatic rings. The van der Waals surface area contributed by atoms with E-state index in [1.807, 2.05) is 6.07 Å². The van der Waals surface area contributed by atoms with Crippen molar-refractivity contribution in [1.29, 1.82) is 0 Å². The molecule has 1 saturated heterocycles. The van der Waals surface area contributed by atoms with Crippen molar-refractivity contribution in [2.45, 2.75) is 75.6 Å². The van der Waals surface area contributed by atoms with Crippen LogP contribution in [0.15, 0.2) is 30.3 Å². The van der Waals surface area contributed by atoms with Crippen molar-refractivity contribution in [3.05, 3.63) is 35.9 Å². The number of hydrogen-bond donors (Lipinski definition) is 5. The molecule has 1 aromatic rings. The van der Waals surface area contributed by atoms with Crippen molar-refractivity contribution in [3.8, 4) is 0 Å². The highest BCUT2D eigenvalue weighted by Crippen LogP contribution is 2.35. The minimum absolute atomic E-state index is 0.0743. The monoisotopic (exact) mass is 470 g/mol. The second-order valence-electron chi connectivity index (χ2n) is 8.84. The Labute approximate surface area is 192 Å². The van der Waals surface area contributed by atoms with Crippen molar-refractivity contribution >= 4 is 12.1 Å². The maximum atomic E-state index is 12.7. The van der Waals surface area contributed by atoms with E-state index in [2.05, 4.69) is 5.32 Å². The van der Waals surface area contributed by atoms with Crippen LogP contribution in [-0.2, 0) is 30.3 Å². The van der Waals surface area contributed by atoms with Crippen LogP contribution in [0.3, 0.4) is 0 Å². The molecule has 1 fully saturated rings. The van der Waals surface area contributed by atoms with Gasteiger partial charge in [0, 0.05) is 13.0 Å². The molecule has 1 aromatic carbocycles. The van der Waals surface area contributed by atoms with Crippen molar-refractivity contribution in [2.24, 2.45) is 5.73 Å². The molecule has 0 aromatic heterocycles. The molecule has 6 atom stereocenters. The number of carbonyl (C=O) groups excluding carboxylic acids is 2. The average Bonchev–Trinajstić information content (AvgIpc) is 2.77. The minimum atomic E-state index is -2.11. The van der Waals surface area contributed by atoms with Crippen LogP contribution >= 0.6 is 0 Å². The van der Waals surface area contributed by atoms with Crippen molar-refractivity contribution in [1.82, 2.24) is 5.32 Å². The van der Waals surface area contributed by atoms with Gasteiger partial charge in [0.15, 0.2) is 0 Å². The van der Waals surface area contributed by atoms with Gasteiger partial charge < -0.3 is 45.3 Å². The first-order valence-electron chi connectivity index (χ1n) is 10.6. The summed E-state index contributed by atoms with van der Waals surface area (Å²) in [5.74, 6) is -3.07. The van der Waals surface area contributed by atoms with Gasteiger partial charge in [-0.15, -0.1) is 0 Å². The molecule has 1 heterocycles. The fourth-order valence-corrected chi connectivity index (χ4v) is 3.44. The Hall–Kier alpha value is -2.28. The fourth-order valence-electron chi connectivity index (χ4n) is 3.44. The first-order valence-corrected chi connectivity index (χ1v) is 10.6. The second-order valence-corrected chi connectivity index (χ2v) is 8.84. The zero-order chi connectivity index (χ0) is 24.8. The predicted molar refractivity (Wildman–Crippen MR) is 116 cm³/mol. The van der Waals surface area contributed by atoms with Crippen molar-refractivity contribution in [3.63, 3.8) is 0 Å². The molecule has 6 N–H and O–H groups in total. The number of benzene rings is 1. The van der Waals surface area contributed by atoms with Gasteiger partial charge in [0.25, 0.3) is 5.79 Å². The average molecular weight is 471 g/mol. The van der Waals surface area contributed by atoms with Gasteiger partial charge in [-0.1, -0.05) is 30.3 Å². The highest BCUT2D eigenvalue weighted by molar-refractivity contribution is 5.78. The maximum Gasteiger partial charge on any atom is 0.408 e. The number of methoxy groups -OCH3 is 1. The summed E-state index contributed by atoms with van der Waals surface area (Å²) >= 11 is 0. The quantitative estimate of drug-likeness (QED) is 0.321. The topological polar surface area (TPSA) is 170 Å². The molecule has 186 valence electrons. The highest BCUT2D eigenvalue weighted by atomic mass is 16.7. The molecule has 0 aliphatic carbocycles. The van der Waals surface area contributed by atoms with E-state index in [4.69, 9.17) is 24.7 Å². The summed E-state index contributed by atoms with van der Waals surface area (Å²) in [5, 5.41) is 34.2. The number of alkyl carbamates (subject to hydrolysis) is 1. The van der Waals surface area contributed by atoms with Crippen LogP contribution in [0.1, 0.15) is 32.8 Å². The van der Waals surface area contributed by atoms with E-state index in [0.717, 1.165) is 7.11 Å². The van der Waals surface area contributed by atoms with E-state index in [1.165, 1.54) is 0 Å². The van der Waals surface area contributed by atoms with Gasteiger partial charge in [0.05, 0.1) is 32.0 Å². The van der Waals surface area contributed by atoms with Gasteiger partial charge >= 0.3 is 12.1 Å². The second kappa shape index (κ2) is 11.2. The van der Waals surface area contributed by atoms with Crippen LogP contribution in [0.2, 0.25) is 0 Å². The van der Waals surface area contributed by atoms with Crippen LogP contribution in [0.5, 0.6) is 0 Å². The number of amides is 1. The Morgan fingerprint density at radius 2 is 1.91 bits per heavy atom. The summed E-state index contributed by atoms with van der Waals surface area (Å²) in [5.41, 5.74) is 5.35. The maximum absolute atomic E-state index is 12.7. The molecule has 0 saturated carbocycles. The summed E-state index contributed by atoms with van der Waals surface area (Å²) in [6.07, 6.45) is -7.40. The molecule has 11 heteroatoms. The zero-order valence-electron chi connectivity index (χ0n) is 19.3. The first-order chi connectivity index (χ1) is 15.4. The van der Waals surface area contributed by atoms with Gasteiger partial charge in [-0.2, -0.15) is 0 Å². The normalized spacial score (nSPS) is 27.3. The number of hydrogen-bond acceptors (Lipinski definition) is 10. The van der Waals surface area contributed by atoms with E-state index >= 15 is 0 Å². The lowest BCUT2D eigenvalue weighted by Crippen LogP contribution is -2.68. The molecule has 11 nitrogen and oxygen atoms in total. The Bertz CT molecular complexity index is 786. The van der Waals surface area contributed by atoms with E-state index in [0.29, 0.717) is 5.56 Å². The number of esters is 1. The molecule has 0 unspecified atom stereocenters. The molecule has 33 heavy (non-hydrogen) atoms. The third-order valence-corrected chi connectivity index (χ3v) is 5.04. The van der Waals surface area contributed by atoms with Crippen LogP contribution in [0, 0.1) is 0 Å². The lowest BCUT2D eigenvalue weighted by atomic mass is 9.88. The number of nitrogens with one attached hydrogen (secondary N) is 1. The molecule has 2 rings (SSSR count). The van der Waals surface area contributed by atoms with Crippen molar-refractivity contribution in [2.75, 3.05) is 13.7 Å². The fraction of sp³-hybridized carbons (Fsp3) is 0.636. The Kier molecular flexibility index (Phi) is 9.18. The Morgan fingerprint density at radius 1 is 1.27 bits per heavy atom. The van der Waals surface area contributed by atoms with Crippen LogP contribution in [-0.4, -0.2) is 82.9 Å². The van der Waals surface area contributed by atoms with E-state index in [9.17, 15) is 24.9 Å². The summed E-state index contributed by atoms with van der Waals surface area (Å²) in [6, 6.07) is 7.65. The molecule has 0 spiro atoms. The number of ether oxygens (including phenoxy) is 4. The van der Waals surface area contributed by atoms with Gasteiger partial charge in [0.2, 0.25) is 0 Å². The Morgan fingerprint density at radius 3 is 2.45 bits per heavy atom. The van der Waals surface area contributed by atoms with Crippen molar-refractivity contribution < 1.29 is 43.9 Å². The largest absolute Gasteiger partial charge is 0.465 e. The number of aliphatic hydroxyl groups excluding tert-OH is 3. The molecular formula is C22H34N2O9. The third kappa shape index (κ3) is 7.10.